The third-order valence-corrected chi connectivity index (χ3v) is 4.85. The summed E-state index contributed by atoms with van der Waals surface area (Å²) < 4.78 is 10.4. The third kappa shape index (κ3) is 4.32. The molecule has 3 aromatic rings. The molecular weight excluding hydrogens is 346 g/mol. The summed E-state index contributed by atoms with van der Waals surface area (Å²) in [4.78, 5) is 14.4. The molecule has 0 saturated heterocycles. The SMILES string of the molecule is COc1ccc(NC(=O)/C=C/c2ccc(-c3ccccc3)s2)c(OC)c1. The Balaban J connectivity index is 1.68. The van der Waals surface area contributed by atoms with Gasteiger partial charge in [-0.05, 0) is 35.9 Å². The van der Waals surface area contributed by atoms with Crippen molar-refractivity contribution in [2.45, 2.75) is 0 Å². The molecule has 5 heteroatoms. The van der Waals surface area contributed by atoms with Gasteiger partial charge in [-0.1, -0.05) is 30.3 Å². The highest BCUT2D eigenvalue weighted by molar-refractivity contribution is 7.16. The predicted molar refractivity (Wildman–Crippen MR) is 107 cm³/mol. The van der Waals surface area contributed by atoms with Gasteiger partial charge in [0, 0.05) is 21.9 Å². The van der Waals surface area contributed by atoms with Gasteiger partial charge in [0.1, 0.15) is 11.5 Å². The fourth-order valence-corrected chi connectivity index (χ4v) is 3.35. The molecule has 1 heterocycles. The van der Waals surface area contributed by atoms with Gasteiger partial charge in [-0.15, -0.1) is 11.3 Å². The molecule has 0 fully saturated rings. The van der Waals surface area contributed by atoms with Crippen LogP contribution in [0.2, 0.25) is 0 Å². The van der Waals surface area contributed by atoms with E-state index in [0.717, 1.165) is 4.88 Å². The first kappa shape index (κ1) is 17.8. The molecule has 0 aliphatic rings. The van der Waals surface area contributed by atoms with Crippen LogP contribution in [0.5, 0.6) is 11.5 Å². The first-order chi connectivity index (χ1) is 12.7. The van der Waals surface area contributed by atoms with Crippen molar-refractivity contribution in [3.63, 3.8) is 0 Å². The summed E-state index contributed by atoms with van der Waals surface area (Å²) in [5.41, 5.74) is 1.77. The number of rotatable bonds is 6. The number of carbonyl (C=O) groups excluding carboxylic acids is 1. The van der Waals surface area contributed by atoms with E-state index >= 15 is 0 Å². The molecule has 0 saturated carbocycles. The second-order valence-electron chi connectivity index (χ2n) is 5.46. The van der Waals surface area contributed by atoms with Crippen molar-refractivity contribution in [2.75, 3.05) is 19.5 Å². The molecule has 0 spiro atoms. The second-order valence-corrected chi connectivity index (χ2v) is 6.57. The Morgan fingerprint density at radius 1 is 1.00 bits per heavy atom. The number of ether oxygens (including phenoxy) is 2. The summed E-state index contributed by atoms with van der Waals surface area (Å²) in [5, 5.41) is 2.82. The van der Waals surface area contributed by atoms with Crippen LogP contribution in [0, 0.1) is 0 Å². The Labute approximate surface area is 156 Å². The highest BCUT2D eigenvalue weighted by atomic mass is 32.1. The maximum atomic E-state index is 12.2. The average molecular weight is 365 g/mol. The maximum absolute atomic E-state index is 12.2. The number of anilines is 1. The Kier molecular flexibility index (Phi) is 5.71. The van der Waals surface area contributed by atoms with Gasteiger partial charge in [-0.3, -0.25) is 4.79 Å². The Hall–Kier alpha value is -3.05. The summed E-state index contributed by atoms with van der Waals surface area (Å²) in [7, 11) is 3.14. The van der Waals surface area contributed by atoms with Crippen LogP contribution in [0.1, 0.15) is 4.88 Å². The summed E-state index contributed by atoms with van der Waals surface area (Å²) >= 11 is 1.64. The van der Waals surface area contributed by atoms with Gasteiger partial charge in [-0.2, -0.15) is 0 Å². The largest absolute Gasteiger partial charge is 0.497 e. The number of hydrogen-bond donors (Lipinski definition) is 1. The van der Waals surface area contributed by atoms with Gasteiger partial charge in [0.2, 0.25) is 5.91 Å². The van der Waals surface area contributed by atoms with Crippen molar-refractivity contribution < 1.29 is 14.3 Å². The van der Waals surface area contributed by atoms with Crippen LogP contribution >= 0.6 is 11.3 Å². The van der Waals surface area contributed by atoms with Crippen LogP contribution in [0.4, 0.5) is 5.69 Å². The van der Waals surface area contributed by atoms with Gasteiger partial charge in [0.15, 0.2) is 0 Å². The van der Waals surface area contributed by atoms with Gasteiger partial charge >= 0.3 is 0 Å². The molecule has 26 heavy (non-hydrogen) atoms. The van der Waals surface area contributed by atoms with Gasteiger partial charge in [-0.25, -0.2) is 0 Å². The van der Waals surface area contributed by atoms with E-state index in [1.165, 1.54) is 16.5 Å². The summed E-state index contributed by atoms with van der Waals surface area (Å²) in [6.45, 7) is 0. The monoisotopic (exact) mass is 365 g/mol. The molecule has 0 unspecified atom stereocenters. The Bertz CT molecular complexity index is 916. The van der Waals surface area contributed by atoms with Crippen molar-refractivity contribution in [3.8, 4) is 21.9 Å². The molecule has 4 nitrogen and oxygen atoms in total. The number of nitrogens with one attached hydrogen (secondary N) is 1. The van der Waals surface area contributed by atoms with Crippen molar-refractivity contribution in [2.24, 2.45) is 0 Å². The zero-order chi connectivity index (χ0) is 18.4. The van der Waals surface area contributed by atoms with Gasteiger partial charge in [0.05, 0.1) is 19.9 Å². The fraction of sp³-hybridized carbons (Fsp3) is 0.0952. The smallest absolute Gasteiger partial charge is 0.248 e. The highest BCUT2D eigenvalue weighted by Gasteiger charge is 2.07. The Morgan fingerprint density at radius 3 is 2.54 bits per heavy atom. The fourth-order valence-electron chi connectivity index (χ4n) is 2.43. The van der Waals surface area contributed by atoms with E-state index in [2.05, 4.69) is 23.5 Å². The first-order valence-corrected chi connectivity index (χ1v) is 8.87. The first-order valence-electron chi connectivity index (χ1n) is 8.06. The quantitative estimate of drug-likeness (QED) is 0.619. The lowest BCUT2D eigenvalue weighted by molar-refractivity contribution is -0.111. The summed E-state index contributed by atoms with van der Waals surface area (Å²) in [5.74, 6) is 0.999. The number of methoxy groups -OCH3 is 2. The standard InChI is InChI=1S/C21H19NO3S/c1-24-16-8-11-18(19(14-16)25-2)22-21(23)13-10-17-9-12-20(26-17)15-6-4-3-5-7-15/h3-14H,1-2H3,(H,22,23)/b13-10+. The molecule has 132 valence electrons. The molecule has 1 aromatic heterocycles. The minimum absolute atomic E-state index is 0.219. The predicted octanol–water partition coefficient (Wildman–Crippen LogP) is 5.08. The van der Waals surface area contributed by atoms with Crippen LogP contribution in [0.15, 0.2) is 66.7 Å². The maximum Gasteiger partial charge on any atom is 0.248 e. The van der Waals surface area contributed by atoms with Crippen LogP contribution < -0.4 is 14.8 Å². The van der Waals surface area contributed by atoms with E-state index in [4.69, 9.17) is 9.47 Å². The van der Waals surface area contributed by atoms with Crippen LogP contribution in [-0.4, -0.2) is 20.1 Å². The molecule has 0 atom stereocenters. The molecule has 0 radical (unpaired) electrons. The molecular formula is C21H19NO3S. The molecule has 0 aliphatic carbocycles. The van der Waals surface area contributed by atoms with Crippen LogP contribution in [0.3, 0.4) is 0 Å². The van der Waals surface area contributed by atoms with E-state index < -0.39 is 0 Å². The molecule has 1 amide bonds. The molecule has 2 aromatic carbocycles. The van der Waals surface area contributed by atoms with E-state index in [9.17, 15) is 4.79 Å². The zero-order valence-corrected chi connectivity index (χ0v) is 15.4. The van der Waals surface area contributed by atoms with Crippen LogP contribution in [0.25, 0.3) is 16.5 Å². The Morgan fingerprint density at radius 2 is 1.81 bits per heavy atom. The van der Waals surface area contributed by atoms with Crippen molar-refractivity contribution >= 4 is 29.0 Å². The number of carbonyl (C=O) groups is 1. The highest BCUT2D eigenvalue weighted by Crippen LogP contribution is 2.30. The van der Waals surface area contributed by atoms with E-state index in [-0.39, 0.29) is 5.91 Å². The van der Waals surface area contributed by atoms with E-state index in [0.29, 0.717) is 17.2 Å². The minimum Gasteiger partial charge on any atom is -0.497 e. The van der Waals surface area contributed by atoms with Crippen LogP contribution in [-0.2, 0) is 4.79 Å². The lowest BCUT2D eigenvalue weighted by atomic mass is 10.2. The summed E-state index contributed by atoms with van der Waals surface area (Å²) in [6, 6.07) is 19.5. The number of benzene rings is 2. The number of thiophene rings is 1. The summed E-state index contributed by atoms with van der Waals surface area (Å²) in [6.07, 6.45) is 3.33. The van der Waals surface area contributed by atoms with E-state index in [1.54, 1.807) is 43.8 Å². The molecule has 0 bridgehead atoms. The van der Waals surface area contributed by atoms with Crippen molar-refractivity contribution in [1.82, 2.24) is 0 Å². The number of amides is 1. The second kappa shape index (κ2) is 8.36. The van der Waals surface area contributed by atoms with Crippen molar-refractivity contribution in [1.29, 1.82) is 0 Å². The number of hydrogen-bond acceptors (Lipinski definition) is 4. The van der Waals surface area contributed by atoms with E-state index in [1.807, 2.05) is 30.3 Å². The molecule has 1 N–H and O–H groups in total. The van der Waals surface area contributed by atoms with Gasteiger partial charge < -0.3 is 14.8 Å². The van der Waals surface area contributed by atoms with Gasteiger partial charge in [0.25, 0.3) is 0 Å². The average Bonchev–Trinajstić information content (AvgIpc) is 3.16. The minimum atomic E-state index is -0.219. The lowest BCUT2D eigenvalue weighted by Gasteiger charge is -2.10. The normalized spacial score (nSPS) is 10.7. The van der Waals surface area contributed by atoms with Crippen molar-refractivity contribution in [3.05, 3.63) is 71.6 Å². The topological polar surface area (TPSA) is 47.6 Å². The third-order valence-electron chi connectivity index (χ3n) is 3.75. The molecule has 3 rings (SSSR count). The molecule has 0 aliphatic heterocycles. The zero-order valence-electron chi connectivity index (χ0n) is 14.6. The lowest BCUT2D eigenvalue weighted by Crippen LogP contribution is -2.08.